The van der Waals surface area contributed by atoms with Crippen molar-refractivity contribution in [2.75, 3.05) is 0 Å². The van der Waals surface area contributed by atoms with Crippen molar-refractivity contribution in [1.82, 2.24) is 0 Å². The largest absolute Gasteiger partial charge is 0.481 e. The molecule has 0 bridgehead atoms. The molecule has 1 N–H and O–H groups in total. The van der Waals surface area contributed by atoms with E-state index in [1.54, 1.807) is 0 Å². The van der Waals surface area contributed by atoms with Crippen LogP contribution in [0.3, 0.4) is 0 Å². The summed E-state index contributed by atoms with van der Waals surface area (Å²) in [5, 5.41) is 8.97. The molecule has 0 saturated heterocycles. The number of esters is 1. The van der Waals surface area contributed by atoms with E-state index in [-0.39, 0.29) is 12.4 Å². The first kappa shape index (κ1) is 29.6. The number of hydrogen-bond acceptors (Lipinski definition) is 3. The van der Waals surface area contributed by atoms with E-state index in [1.807, 2.05) is 0 Å². The van der Waals surface area contributed by atoms with Crippen LogP contribution in [0.5, 0.6) is 0 Å². The molecule has 0 aliphatic rings. The van der Waals surface area contributed by atoms with Crippen LogP contribution in [0.2, 0.25) is 0 Å². The van der Waals surface area contributed by atoms with E-state index in [9.17, 15) is 9.59 Å². The van der Waals surface area contributed by atoms with Crippen LogP contribution < -0.4 is 0 Å². The fraction of sp³-hybridized carbons (Fsp3) is 0.571. The summed E-state index contributed by atoms with van der Waals surface area (Å²) in [5.41, 5.74) is 0. The molecule has 0 saturated carbocycles. The molecule has 0 aromatic carbocycles. The second-order valence-electron chi connectivity index (χ2n) is 7.81. The highest BCUT2D eigenvalue weighted by Crippen LogP contribution is 2.12. The lowest BCUT2D eigenvalue weighted by molar-refractivity contribution is -0.153. The molecule has 0 radical (unpaired) electrons. The van der Waals surface area contributed by atoms with E-state index in [0.29, 0.717) is 12.8 Å². The number of carbonyl (C=O) groups is 2. The summed E-state index contributed by atoms with van der Waals surface area (Å²) < 4.78 is 5.37. The van der Waals surface area contributed by atoms with Crippen molar-refractivity contribution >= 4 is 11.9 Å². The van der Waals surface area contributed by atoms with Crippen LogP contribution in [0, 0.1) is 0 Å². The van der Waals surface area contributed by atoms with Crippen LogP contribution in [0.15, 0.2) is 60.8 Å². The third-order valence-electron chi connectivity index (χ3n) is 4.74. The number of ether oxygens (including phenoxy) is 1. The Bertz CT molecular complexity index is 611. The normalized spacial score (nSPS) is 13.3. The summed E-state index contributed by atoms with van der Waals surface area (Å²) in [4.78, 5) is 22.9. The zero-order chi connectivity index (χ0) is 23.7. The Hall–Kier alpha value is -2.36. The Labute approximate surface area is 195 Å². The second kappa shape index (κ2) is 23.3. The Morgan fingerprint density at radius 1 is 0.750 bits per heavy atom. The fourth-order valence-electron chi connectivity index (χ4n) is 3.00. The molecule has 1 atom stereocenters. The minimum absolute atomic E-state index is 0.107. The standard InChI is InChI=1S/C28H44O4/c1-3-5-7-8-9-10-11-12-13-14-15-16-17-18-19-20-22-24-28(31)32-26(25-27(29)30)23-21-6-4-2/h5,7,9-10,12-13,15-16,18-19,26H,3-4,6,8,11,14,17,20-25H2,1-2H3,(H,29,30)/b7-5-,10-9-,13-12-,16-15-,19-18-. The first-order valence-electron chi connectivity index (χ1n) is 12.3. The minimum Gasteiger partial charge on any atom is -0.481 e. The SMILES string of the molecule is CC/C=C\C/C=C\C/C=C\C/C=C\C/C=C\CCCC(=O)OC(CCCCC)CC(=O)O. The minimum atomic E-state index is -0.918. The van der Waals surface area contributed by atoms with Gasteiger partial charge >= 0.3 is 11.9 Å². The molecule has 0 aliphatic heterocycles. The number of carboxylic acid groups (broad SMARTS) is 1. The van der Waals surface area contributed by atoms with E-state index in [2.05, 4.69) is 74.6 Å². The Balaban J connectivity index is 3.82. The summed E-state index contributed by atoms with van der Waals surface area (Å²) in [6.07, 6.45) is 31.4. The second-order valence-corrected chi connectivity index (χ2v) is 7.81. The molecule has 0 aromatic rings. The van der Waals surface area contributed by atoms with Crippen LogP contribution >= 0.6 is 0 Å². The van der Waals surface area contributed by atoms with Gasteiger partial charge in [0.1, 0.15) is 6.10 Å². The van der Waals surface area contributed by atoms with Gasteiger partial charge in [0.25, 0.3) is 0 Å². The number of aliphatic carboxylic acids is 1. The van der Waals surface area contributed by atoms with Crippen molar-refractivity contribution in [2.24, 2.45) is 0 Å². The first-order valence-corrected chi connectivity index (χ1v) is 12.3. The van der Waals surface area contributed by atoms with E-state index in [4.69, 9.17) is 9.84 Å². The summed E-state index contributed by atoms with van der Waals surface area (Å²) in [5.74, 6) is -1.21. The van der Waals surface area contributed by atoms with Crippen LogP contribution in [-0.4, -0.2) is 23.1 Å². The molecular formula is C28H44O4. The van der Waals surface area contributed by atoms with Crippen molar-refractivity contribution in [3.63, 3.8) is 0 Å². The van der Waals surface area contributed by atoms with Gasteiger partial charge in [-0.3, -0.25) is 9.59 Å². The lowest BCUT2D eigenvalue weighted by Gasteiger charge is -2.15. The zero-order valence-corrected chi connectivity index (χ0v) is 20.2. The summed E-state index contributed by atoms with van der Waals surface area (Å²) in [6, 6.07) is 0. The summed E-state index contributed by atoms with van der Waals surface area (Å²) in [7, 11) is 0. The average molecular weight is 445 g/mol. The molecule has 0 aromatic heterocycles. The monoisotopic (exact) mass is 444 g/mol. The number of rotatable bonds is 20. The Morgan fingerprint density at radius 2 is 1.28 bits per heavy atom. The molecule has 0 rings (SSSR count). The van der Waals surface area contributed by atoms with Crippen molar-refractivity contribution < 1.29 is 19.4 Å². The lowest BCUT2D eigenvalue weighted by Crippen LogP contribution is -2.21. The first-order chi connectivity index (χ1) is 15.6. The molecule has 4 nitrogen and oxygen atoms in total. The van der Waals surface area contributed by atoms with Gasteiger partial charge in [0, 0.05) is 6.42 Å². The Kier molecular flexibility index (Phi) is 21.6. The highest BCUT2D eigenvalue weighted by molar-refractivity contribution is 5.71. The molecule has 4 heteroatoms. The molecule has 0 spiro atoms. The predicted octanol–water partition coefficient (Wildman–Crippen LogP) is 7.87. The van der Waals surface area contributed by atoms with Gasteiger partial charge in [-0.1, -0.05) is 87.4 Å². The number of unbranched alkanes of at least 4 members (excludes halogenated alkanes) is 3. The molecule has 32 heavy (non-hydrogen) atoms. The Morgan fingerprint density at radius 3 is 1.78 bits per heavy atom. The third kappa shape index (κ3) is 22.3. The average Bonchev–Trinajstić information content (AvgIpc) is 2.75. The van der Waals surface area contributed by atoms with Crippen molar-refractivity contribution in [3.8, 4) is 0 Å². The van der Waals surface area contributed by atoms with Crippen molar-refractivity contribution in [2.45, 2.75) is 103 Å². The summed E-state index contributed by atoms with van der Waals surface area (Å²) in [6.45, 7) is 4.23. The molecule has 0 heterocycles. The van der Waals surface area contributed by atoms with Gasteiger partial charge in [-0.2, -0.15) is 0 Å². The fourth-order valence-corrected chi connectivity index (χ4v) is 3.00. The van der Waals surface area contributed by atoms with Crippen LogP contribution in [0.25, 0.3) is 0 Å². The van der Waals surface area contributed by atoms with E-state index in [1.165, 1.54) is 0 Å². The topological polar surface area (TPSA) is 63.6 Å². The molecule has 0 amide bonds. The van der Waals surface area contributed by atoms with Gasteiger partial charge in [0.15, 0.2) is 0 Å². The van der Waals surface area contributed by atoms with Gasteiger partial charge in [0.2, 0.25) is 0 Å². The highest BCUT2D eigenvalue weighted by Gasteiger charge is 2.17. The number of carboxylic acids is 1. The van der Waals surface area contributed by atoms with Crippen LogP contribution in [0.1, 0.15) is 97.3 Å². The lowest BCUT2D eigenvalue weighted by atomic mass is 10.1. The van der Waals surface area contributed by atoms with Gasteiger partial charge in [-0.15, -0.1) is 0 Å². The van der Waals surface area contributed by atoms with Crippen LogP contribution in [-0.2, 0) is 14.3 Å². The van der Waals surface area contributed by atoms with Gasteiger partial charge < -0.3 is 9.84 Å². The smallest absolute Gasteiger partial charge is 0.307 e. The molecule has 0 fully saturated rings. The van der Waals surface area contributed by atoms with Gasteiger partial charge in [0.05, 0.1) is 6.42 Å². The van der Waals surface area contributed by atoms with E-state index < -0.39 is 12.1 Å². The summed E-state index contributed by atoms with van der Waals surface area (Å²) >= 11 is 0. The number of carbonyl (C=O) groups excluding carboxylic acids is 1. The molecule has 180 valence electrons. The quantitative estimate of drug-likeness (QED) is 0.118. The predicted molar refractivity (Wildman–Crippen MR) is 135 cm³/mol. The van der Waals surface area contributed by atoms with Crippen molar-refractivity contribution in [3.05, 3.63) is 60.8 Å². The van der Waals surface area contributed by atoms with Gasteiger partial charge in [-0.05, 0) is 57.8 Å². The highest BCUT2D eigenvalue weighted by atomic mass is 16.5. The number of hydrogen-bond donors (Lipinski definition) is 1. The maximum Gasteiger partial charge on any atom is 0.307 e. The molecular weight excluding hydrogens is 400 g/mol. The van der Waals surface area contributed by atoms with Gasteiger partial charge in [-0.25, -0.2) is 0 Å². The maximum absolute atomic E-state index is 12.0. The van der Waals surface area contributed by atoms with Crippen LogP contribution in [0.4, 0.5) is 0 Å². The maximum atomic E-state index is 12.0. The van der Waals surface area contributed by atoms with E-state index in [0.717, 1.165) is 64.2 Å². The third-order valence-corrected chi connectivity index (χ3v) is 4.74. The van der Waals surface area contributed by atoms with Crippen molar-refractivity contribution in [1.29, 1.82) is 0 Å². The molecule has 1 unspecified atom stereocenters. The zero-order valence-electron chi connectivity index (χ0n) is 20.2. The molecule has 0 aliphatic carbocycles. The number of allylic oxidation sites excluding steroid dienone is 10. The van der Waals surface area contributed by atoms with E-state index >= 15 is 0 Å².